The summed E-state index contributed by atoms with van der Waals surface area (Å²) in [6, 6.07) is 7.99. The van der Waals surface area contributed by atoms with Crippen molar-refractivity contribution < 1.29 is 24.8 Å². The van der Waals surface area contributed by atoms with Crippen LogP contribution in [0.3, 0.4) is 0 Å². The van der Waals surface area contributed by atoms with E-state index in [0.29, 0.717) is 25.9 Å². The SMILES string of the molecule is OCC[C@H]1C[C@@H](O)[C@H](O)[C@]2(Cc3ccccc3CCO2)O1. The zero-order chi connectivity index (χ0) is 14.9. The summed E-state index contributed by atoms with van der Waals surface area (Å²) in [6.45, 7) is 0.423. The largest absolute Gasteiger partial charge is 0.396 e. The van der Waals surface area contributed by atoms with Crippen LogP contribution in [-0.2, 0) is 22.3 Å². The van der Waals surface area contributed by atoms with Crippen LogP contribution in [0.15, 0.2) is 24.3 Å². The lowest BCUT2D eigenvalue weighted by atomic mass is 9.88. The van der Waals surface area contributed by atoms with E-state index >= 15 is 0 Å². The average molecular weight is 294 g/mol. The summed E-state index contributed by atoms with van der Waals surface area (Å²) < 4.78 is 11.8. The molecule has 0 aromatic heterocycles. The van der Waals surface area contributed by atoms with Gasteiger partial charge in [-0.3, -0.25) is 0 Å². The van der Waals surface area contributed by atoms with Gasteiger partial charge < -0.3 is 24.8 Å². The fraction of sp³-hybridized carbons (Fsp3) is 0.625. The van der Waals surface area contributed by atoms with Gasteiger partial charge in [-0.1, -0.05) is 24.3 Å². The van der Waals surface area contributed by atoms with Crippen molar-refractivity contribution in [3.63, 3.8) is 0 Å². The molecule has 0 radical (unpaired) electrons. The molecule has 0 bridgehead atoms. The number of aliphatic hydroxyl groups excluding tert-OH is 3. The maximum absolute atomic E-state index is 10.4. The Morgan fingerprint density at radius 3 is 2.71 bits per heavy atom. The fourth-order valence-corrected chi connectivity index (χ4v) is 3.30. The zero-order valence-electron chi connectivity index (χ0n) is 11.9. The van der Waals surface area contributed by atoms with Crippen LogP contribution in [0, 0.1) is 0 Å². The predicted octanol–water partition coefficient (Wildman–Crippen LogP) is 0.391. The van der Waals surface area contributed by atoms with Gasteiger partial charge in [0.15, 0.2) is 0 Å². The Morgan fingerprint density at radius 2 is 1.95 bits per heavy atom. The van der Waals surface area contributed by atoms with Crippen LogP contribution < -0.4 is 0 Å². The Kier molecular flexibility index (Phi) is 4.28. The Morgan fingerprint density at radius 1 is 1.19 bits per heavy atom. The molecule has 0 aliphatic carbocycles. The van der Waals surface area contributed by atoms with Crippen LogP contribution in [0.1, 0.15) is 24.0 Å². The molecule has 0 amide bonds. The quantitative estimate of drug-likeness (QED) is 0.735. The lowest BCUT2D eigenvalue weighted by molar-refractivity contribution is -0.339. The Balaban J connectivity index is 1.90. The fourth-order valence-electron chi connectivity index (χ4n) is 3.30. The lowest BCUT2D eigenvalue weighted by Gasteiger charge is -2.46. The minimum absolute atomic E-state index is 0.0137. The van der Waals surface area contributed by atoms with Gasteiger partial charge in [0.2, 0.25) is 5.79 Å². The van der Waals surface area contributed by atoms with E-state index < -0.39 is 18.0 Å². The smallest absolute Gasteiger partial charge is 0.201 e. The first kappa shape index (κ1) is 14.9. The molecule has 1 aromatic carbocycles. The highest BCUT2D eigenvalue weighted by Crippen LogP contribution is 2.37. The molecule has 21 heavy (non-hydrogen) atoms. The van der Waals surface area contributed by atoms with Crippen LogP contribution >= 0.6 is 0 Å². The molecule has 2 aliphatic heterocycles. The van der Waals surface area contributed by atoms with Crippen molar-refractivity contribution in [3.8, 4) is 0 Å². The van der Waals surface area contributed by atoms with Crippen LogP contribution in [0.2, 0.25) is 0 Å². The van der Waals surface area contributed by atoms with Crippen LogP contribution in [-0.4, -0.2) is 52.6 Å². The van der Waals surface area contributed by atoms with Crippen molar-refractivity contribution in [1.82, 2.24) is 0 Å². The highest BCUT2D eigenvalue weighted by Gasteiger charge is 2.51. The van der Waals surface area contributed by atoms with Crippen LogP contribution in [0.5, 0.6) is 0 Å². The first-order chi connectivity index (χ1) is 10.1. The number of fused-ring (bicyclic) bond motifs is 1. The third-order valence-corrected chi connectivity index (χ3v) is 4.41. The van der Waals surface area contributed by atoms with Gasteiger partial charge in [0.1, 0.15) is 6.10 Å². The number of rotatable bonds is 2. The average Bonchev–Trinajstić information content (AvgIpc) is 2.65. The molecule has 3 N–H and O–H groups in total. The summed E-state index contributed by atoms with van der Waals surface area (Å²) in [5.41, 5.74) is 2.26. The van der Waals surface area contributed by atoms with Gasteiger partial charge in [0, 0.05) is 19.4 Å². The van der Waals surface area contributed by atoms with Crippen LogP contribution in [0.4, 0.5) is 0 Å². The summed E-state index contributed by atoms with van der Waals surface area (Å²) >= 11 is 0. The number of benzene rings is 1. The molecule has 4 atom stereocenters. The second kappa shape index (κ2) is 6.02. The molecule has 1 saturated heterocycles. The Hall–Kier alpha value is -0.980. The molecule has 116 valence electrons. The second-order valence-corrected chi connectivity index (χ2v) is 5.86. The van der Waals surface area contributed by atoms with Crippen molar-refractivity contribution in [2.24, 2.45) is 0 Å². The van der Waals surface area contributed by atoms with Crippen LogP contribution in [0.25, 0.3) is 0 Å². The van der Waals surface area contributed by atoms with E-state index in [1.807, 2.05) is 18.2 Å². The second-order valence-electron chi connectivity index (χ2n) is 5.86. The van der Waals surface area contributed by atoms with E-state index in [1.165, 1.54) is 5.56 Å². The summed E-state index contributed by atoms with van der Waals surface area (Å²) in [4.78, 5) is 0. The summed E-state index contributed by atoms with van der Waals surface area (Å²) in [5, 5.41) is 29.7. The molecule has 0 unspecified atom stereocenters. The molecule has 2 heterocycles. The topological polar surface area (TPSA) is 79.2 Å². The molecule has 0 saturated carbocycles. The van der Waals surface area contributed by atoms with Gasteiger partial charge in [0.05, 0.1) is 18.8 Å². The predicted molar refractivity (Wildman–Crippen MR) is 75.7 cm³/mol. The van der Waals surface area contributed by atoms with Crippen molar-refractivity contribution >= 4 is 0 Å². The summed E-state index contributed by atoms with van der Waals surface area (Å²) in [6.07, 6.45) is -0.388. The van der Waals surface area contributed by atoms with E-state index in [-0.39, 0.29) is 12.7 Å². The Labute approximate surface area is 124 Å². The molecule has 1 spiro atoms. The van der Waals surface area contributed by atoms with Gasteiger partial charge in [-0.2, -0.15) is 0 Å². The maximum Gasteiger partial charge on any atom is 0.201 e. The summed E-state index contributed by atoms with van der Waals surface area (Å²) in [5.74, 6) is -1.22. The van der Waals surface area contributed by atoms with Crippen molar-refractivity contribution in [2.75, 3.05) is 13.2 Å². The Bertz CT molecular complexity index is 491. The highest BCUT2D eigenvalue weighted by atomic mass is 16.7. The number of hydrogen-bond acceptors (Lipinski definition) is 5. The minimum atomic E-state index is -1.22. The third-order valence-electron chi connectivity index (χ3n) is 4.41. The normalized spacial score (nSPS) is 36.2. The van der Waals surface area contributed by atoms with Gasteiger partial charge in [-0.05, 0) is 24.0 Å². The highest BCUT2D eigenvalue weighted by molar-refractivity contribution is 5.30. The van der Waals surface area contributed by atoms with Crippen molar-refractivity contribution in [1.29, 1.82) is 0 Å². The number of aliphatic hydroxyl groups is 3. The van der Waals surface area contributed by atoms with E-state index in [1.54, 1.807) is 0 Å². The molecule has 5 nitrogen and oxygen atoms in total. The molecular formula is C16H22O5. The van der Waals surface area contributed by atoms with E-state index in [2.05, 4.69) is 6.07 Å². The van der Waals surface area contributed by atoms with E-state index in [9.17, 15) is 10.2 Å². The van der Waals surface area contributed by atoms with Crippen molar-refractivity contribution in [2.45, 2.75) is 49.8 Å². The van der Waals surface area contributed by atoms with Gasteiger partial charge in [-0.15, -0.1) is 0 Å². The van der Waals surface area contributed by atoms with Gasteiger partial charge in [0.25, 0.3) is 0 Å². The lowest BCUT2D eigenvalue weighted by Crippen LogP contribution is -2.60. The first-order valence-electron chi connectivity index (χ1n) is 7.50. The molecule has 1 aromatic rings. The maximum atomic E-state index is 10.4. The van der Waals surface area contributed by atoms with Crippen molar-refractivity contribution in [3.05, 3.63) is 35.4 Å². The third kappa shape index (κ3) is 2.84. The van der Waals surface area contributed by atoms with Gasteiger partial charge >= 0.3 is 0 Å². The first-order valence-corrected chi connectivity index (χ1v) is 7.50. The summed E-state index contributed by atoms with van der Waals surface area (Å²) in [7, 11) is 0. The number of ether oxygens (including phenoxy) is 2. The van der Waals surface area contributed by atoms with E-state index in [4.69, 9.17) is 14.6 Å². The minimum Gasteiger partial charge on any atom is -0.396 e. The molecule has 1 fully saturated rings. The standard InChI is InChI=1S/C16H22O5/c17-7-5-13-9-14(18)15(19)16(21-13)10-12-4-2-1-3-11(12)6-8-20-16/h1-4,13-15,17-19H,5-10H2/t13-,14+,15-,16-/m0/s1. The molecule has 3 rings (SSSR count). The molecule has 2 aliphatic rings. The number of hydrogen-bond donors (Lipinski definition) is 3. The monoisotopic (exact) mass is 294 g/mol. The zero-order valence-corrected chi connectivity index (χ0v) is 11.9. The molecular weight excluding hydrogens is 272 g/mol. The van der Waals surface area contributed by atoms with E-state index in [0.717, 1.165) is 12.0 Å². The molecule has 5 heteroatoms. The van der Waals surface area contributed by atoms with Gasteiger partial charge in [-0.25, -0.2) is 0 Å².